The van der Waals surface area contributed by atoms with Crippen molar-refractivity contribution in [3.05, 3.63) is 23.8 Å². The number of rotatable bonds is 9. The first-order valence-electron chi connectivity index (χ1n) is 10.3. The Morgan fingerprint density at radius 1 is 1.21 bits per heavy atom. The van der Waals surface area contributed by atoms with Gasteiger partial charge in [0.15, 0.2) is 17.5 Å². The number of aliphatic imine (C=N–C) groups is 1. The normalized spacial score (nSPS) is 15.2. The van der Waals surface area contributed by atoms with Crippen molar-refractivity contribution in [2.24, 2.45) is 10.4 Å². The highest BCUT2D eigenvalue weighted by Gasteiger charge is 2.21. The third-order valence-electron chi connectivity index (χ3n) is 5.02. The molecule has 0 aromatic heterocycles. The Kier molecular flexibility index (Phi) is 11.1. The Bertz CT molecular complexity index is 644. The topological polar surface area (TPSA) is 58.1 Å². The predicted molar refractivity (Wildman–Crippen MR) is 132 cm³/mol. The number of nitrogens with zero attached hydrogens (tertiary/aromatic N) is 2. The molecule has 2 N–H and O–H groups in total. The second-order valence-corrected chi connectivity index (χ2v) is 8.65. The van der Waals surface area contributed by atoms with Crippen LogP contribution in [0, 0.1) is 5.41 Å². The number of methoxy groups -OCH3 is 1. The molecular formula is C22H39IN4O2. The lowest BCUT2D eigenvalue weighted by atomic mass is 9.93. The minimum Gasteiger partial charge on any atom is -0.493 e. The summed E-state index contributed by atoms with van der Waals surface area (Å²) in [7, 11) is 7.70. The van der Waals surface area contributed by atoms with Gasteiger partial charge in [0.05, 0.1) is 13.2 Å². The molecule has 0 aliphatic heterocycles. The second kappa shape index (κ2) is 12.5. The molecule has 0 unspecified atom stereocenters. The van der Waals surface area contributed by atoms with Crippen LogP contribution in [0.25, 0.3) is 0 Å². The zero-order chi connectivity index (χ0) is 20.6. The van der Waals surface area contributed by atoms with Crippen LogP contribution in [-0.4, -0.2) is 58.3 Å². The zero-order valence-electron chi connectivity index (χ0n) is 18.9. The molecular weight excluding hydrogens is 479 g/mol. The monoisotopic (exact) mass is 518 g/mol. The van der Waals surface area contributed by atoms with Gasteiger partial charge in [0.25, 0.3) is 0 Å². The van der Waals surface area contributed by atoms with E-state index in [0.29, 0.717) is 12.6 Å². The Morgan fingerprint density at radius 2 is 1.90 bits per heavy atom. The van der Waals surface area contributed by atoms with E-state index in [0.717, 1.165) is 49.0 Å². The minimum atomic E-state index is 0. The van der Waals surface area contributed by atoms with Crippen LogP contribution in [0.2, 0.25) is 0 Å². The number of hydrogen-bond acceptors (Lipinski definition) is 4. The number of para-hydroxylation sites is 1. The molecule has 0 atom stereocenters. The first-order valence-corrected chi connectivity index (χ1v) is 10.3. The summed E-state index contributed by atoms with van der Waals surface area (Å²) in [6, 6.07) is 6.06. The minimum absolute atomic E-state index is 0. The maximum Gasteiger partial charge on any atom is 0.191 e. The van der Waals surface area contributed by atoms with Crippen LogP contribution >= 0.6 is 24.0 Å². The highest BCUT2D eigenvalue weighted by Crippen LogP contribution is 2.34. The quantitative estimate of drug-likeness (QED) is 0.295. The molecule has 166 valence electrons. The average Bonchev–Trinajstić information content (AvgIpc) is 3.14. The summed E-state index contributed by atoms with van der Waals surface area (Å²) in [5.74, 6) is 2.44. The molecule has 1 saturated carbocycles. The molecule has 1 aliphatic rings. The van der Waals surface area contributed by atoms with Gasteiger partial charge in [0.2, 0.25) is 0 Å². The lowest BCUT2D eigenvalue weighted by molar-refractivity contribution is 0.198. The van der Waals surface area contributed by atoms with Gasteiger partial charge in [-0.15, -0.1) is 24.0 Å². The summed E-state index contributed by atoms with van der Waals surface area (Å²) < 4.78 is 11.9. The maximum atomic E-state index is 6.32. The smallest absolute Gasteiger partial charge is 0.191 e. The molecule has 29 heavy (non-hydrogen) atoms. The van der Waals surface area contributed by atoms with Crippen molar-refractivity contribution in [2.75, 3.05) is 41.3 Å². The number of nitrogens with one attached hydrogen (secondary N) is 2. The number of ether oxygens (including phenoxy) is 2. The second-order valence-electron chi connectivity index (χ2n) is 8.65. The molecule has 2 rings (SSSR count). The lowest BCUT2D eigenvalue weighted by Gasteiger charge is -2.29. The first kappa shape index (κ1) is 25.8. The summed E-state index contributed by atoms with van der Waals surface area (Å²) >= 11 is 0. The molecule has 0 saturated heterocycles. The highest BCUT2D eigenvalue weighted by molar-refractivity contribution is 14.0. The van der Waals surface area contributed by atoms with Gasteiger partial charge in [-0.1, -0.05) is 26.0 Å². The summed E-state index contributed by atoms with van der Waals surface area (Å²) in [4.78, 5) is 6.58. The molecule has 0 heterocycles. The molecule has 0 bridgehead atoms. The average molecular weight is 518 g/mol. The van der Waals surface area contributed by atoms with Gasteiger partial charge in [-0.3, -0.25) is 4.99 Å². The molecule has 0 amide bonds. The molecule has 0 radical (unpaired) electrons. The van der Waals surface area contributed by atoms with E-state index in [1.165, 1.54) is 12.8 Å². The van der Waals surface area contributed by atoms with Crippen LogP contribution in [0.5, 0.6) is 11.5 Å². The van der Waals surface area contributed by atoms with Crippen LogP contribution in [-0.2, 0) is 6.54 Å². The molecule has 1 aliphatic carbocycles. The molecule has 1 aromatic carbocycles. The summed E-state index contributed by atoms with van der Waals surface area (Å²) in [6.07, 6.45) is 5.02. The first-order chi connectivity index (χ1) is 13.3. The summed E-state index contributed by atoms with van der Waals surface area (Å²) in [5, 5.41) is 6.86. The Labute approximate surface area is 193 Å². The van der Waals surface area contributed by atoms with Crippen molar-refractivity contribution in [2.45, 2.75) is 52.2 Å². The van der Waals surface area contributed by atoms with Crippen molar-refractivity contribution < 1.29 is 9.47 Å². The fraction of sp³-hybridized carbons (Fsp3) is 0.682. The van der Waals surface area contributed by atoms with E-state index in [4.69, 9.17) is 9.47 Å². The SMILES string of the molecule is CN=C(NCc1cccc(OC)c1OC1CCCC1)NCC(C)(C)CN(C)C.I. The van der Waals surface area contributed by atoms with E-state index in [2.05, 4.69) is 54.5 Å². The van der Waals surface area contributed by atoms with E-state index in [1.807, 2.05) is 12.1 Å². The van der Waals surface area contributed by atoms with Crippen molar-refractivity contribution in [1.82, 2.24) is 15.5 Å². The Morgan fingerprint density at radius 3 is 2.48 bits per heavy atom. The largest absolute Gasteiger partial charge is 0.493 e. The van der Waals surface area contributed by atoms with Gasteiger partial charge >= 0.3 is 0 Å². The standard InChI is InChI=1S/C22H38N4O2.HI/c1-22(2,16-26(4)5)15-25-21(23-3)24-14-17-10-9-13-19(27-6)20(17)28-18-11-7-8-12-18;/h9-10,13,18H,7-8,11-12,14-16H2,1-6H3,(H2,23,24,25);1H. The third-order valence-corrected chi connectivity index (χ3v) is 5.02. The lowest BCUT2D eigenvalue weighted by Crippen LogP contribution is -2.44. The summed E-state index contributed by atoms with van der Waals surface area (Å²) in [6.45, 7) is 6.99. The predicted octanol–water partition coefficient (Wildman–Crippen LogP) is 3.89. The zero-order valence-corrected chi connectivity index (χ0v) is 21.2. The number of guanidine groups is 1. The van der Waals surface area contributed by atoms with Crippen molar-refractivity contribution in [3.8, 4) is 11.5 Å². The fourth-order valence-electron chi connectivity index (χ4n) is 3.80. The van der Waals surface area contributed by atoms with Gasteiger partial charge in [-0.2, -0.15) is 0 Å². The van der Waals surface area contributed by atoms with Crippen LogP contribution < -0.4 is 20.1 Å². The number of benzene rings is 1. The van der Waals surface area contributed by atoms with Crippen LogP contribution in [0.1, 0.15) is 45.1 Å². The molecule has 1 fully saturated rings. The van der Waals surface area contributed by atoms with Crippen molar-refractivity contribution in [1.29, 1.82) is 0 Å². The maximum absolute atomic E-state index is 6.32. The van der Waals surface area contributed by atoms with Crippen molar-refractivity contribution >= 4 is 29.9 Å². The molecule has 6 nitrogen and oxygen atoms in total. The van der Waals surface area contributed by atoms with Gasteiger partial charge in [0, 0.05) is 32.2 Å². The van der Waals surface area contributed by atoms with Crippen LogP contribution in [0.4, 0.5) is 0 Å². The Balaban J connectivity index is 0.00000420. The van der Waals surface area contributed by atoms with Crippen LogP contribution in [0.3, 0.4) is 0 Å². The van der Waals surface area contributed by atoms with E-state index in [9.17, 15) is 0 Å². The number of halogens is 1. The molecule has 0 spiro atoms. The van der Waals surface area contributed by atoms with Gasteiger partial charge in [-0.05, 0) is 51.3 Å². The van der Waals surface area contributed by atoms with Gasteiger partial charge in [-0.25, -0.2) is 0 Å². The van der Waals surface area contributed by atoms with E-state index >= 15 is 0 Å². The van der Waals surface area contributed by atoms with E-state index in [1.54, 1.807) is 14.2 Å². The fourth-order valence-corrected chi connectivity index (χ4v) is 3.80. The van der Waals surface area contributed by atoms with Gasteiger partial charge < -0.3 is 25.0 Å². The van der Waals surface area contributed by atoms with Crippen LogP contribution in [0.15, 0.2) is 23.2 Å². The van der Waals surface area contributed by atoms with Gasteiger partial charge in [0.1, 0.15) is 0 Å². The van der Waals surface area contributed by atoms with E-state index in [-0.39, 0.29) is 29.4 Å². The number of hydrogen-bond donors (Lipinski definition) is 2. The molecule has 7 heteroatoms. The van der Waals surface area contributed by atoms with Crippen molar-refractivity contribution in [3.63, 3.8) is 0 Å². The highest BCUT2D eigenvalue weighted by atomic mass is 127. The third kappa shape index (κ3) is 8.58. The Hall–Kier alpha value is -1.22. The van der Waals surface area contributed by atoms with E-state index < -0.39 is 0 Å². The molecule has 1 aromatic rings. The summed E-state index contributed by atoms with van der Waals surface area (Å²) in [5.41, 5.74) is 1.23.